The lowest BCUT2D eigenvalue weighted by atomic mass is 10.1. The number of carbonyl (C=O) groups excluding carboxylic acids is 1. The molecule has 2 rings (SSSR count). The number of aryl methyl sites for hydroxylation is 1. The fourth-order valence-corrected chi connectivity index (χ4v) is 3.27. The van der Waals surface area contributed by atoms with Crippen molar-refractivity contribution in [3.05, 3.63) is 63.6 Å². The molecule has 0 saturated heterocycles. The fraction of sp³-hybridized carbons (Fsp3) is 0.188. The number of hydrogen-bond donors (Lipinski definition) is 1. The van der Waals surface area contributed by atoms with Crippen molar-refractivity contribution in [3.63, 3.8) is 0 Å². The quantitative estimate of drug-likeness (QED) is 0.862. The van der Waals surface area contributed by atoms with E-state index < -0.39 is 10.0 Å². The molecule has 0 atom stereocenters. The van der Waals surface area contributed by atoms with Gasteiger partial charge in [0.25, 0.3) is 5.91 Å². The molecule has 2 N–H and O–H groups in total. The van der Waals surface area contributed by atoms with Gasteiger partial charge in [-0.2, -0.15) is 0 Å². The third-order valence-electron chi connectivity index (χ3n) is 3.42. The van der Waals surface area contributed by atoms with Crippen molar-refractivity contribution < 1.29 is 13.2 Å². The lowest BCUT2D eigenvalue weighted by molar-refractivity contribution is 0.0785. The van der Waals surface area contributed by atoms with Crippen LogP contribution in [0.3, 0.4) is 0 Å². The summed E-state index contributed by atoms with van der Waals surface area (Å²) >= 11 is 3.36. The van der Waals surface area contributed by atoms with Gasteiger partial charge in [-0.1, -0.05) is 34.1 Å². The van der Waals surface area contributed by atoms with Gasteiger partial charge in [-0.25, -0.2) is 13.6 Å². The smallest absolute Gasteiger partial charge is 0.253 e. The van der Waals surface area contributed by atoms with Gasteiger partial charge >= 0.3 is 0 Å². The van der Waals surface area contributed by atoms with Crippen molar-refractivity contribution in [3.8, 4) is 0 Å². The highest BCUT2D eigenvalue weighted by atomic mass is 79.9. The van der Waals surface area contributed by atoms with E-state index in [2.05, 4.69) is 15.9 Å². The third kappa shape index (κ3) is 4.40. The van der Waals surface area contributed by atoms with Crippen molar-refractivity contribution in [1.29, 1.82) is 0 Å². The van der Waals surface area contributed by atoms with Crippen molar-refractivity contribution in [2.75, 3.05) is 7.05 Å². The second-order valence-electron chi connectivity index (χ2n) is 5.31. The van der Waals surface area contributed by atoms with Crippen LogP contribution in [0.5, 0.6) is 0 Å². The number of rotatable bonds is 4. The Morgan fingerprint density at radius 2 is 1.78 bits per heavy atom. The van der Waals surface area contributed by atoms with Crippen molar-refractivity contribution in [2.24, 2.45) is 5.14 Å². The second kappa shape index (κ2) is 6.82. The monoisotopic (exact) mass is 396 g/mol. The van der Waals surface area contributed by atoms with Crippen molar-refractivity contribution in [1.82, 2.24) is 4.90 Å². The van der Waals surface area contributed by atoms with Crippen LogP contribution >= 0.6 is 15.9 Å². The van der Waals surface area contributed by atoms with E-state index in [-0.39, 0.29) is 10.8 Å². The molecule has 2 aromatic rings. The molecule has 122 valence electrons. The predicted octanol–water partition coefficient (Wildman–Crippen LogP) is 2.68. The zero-order chi connectivity index (χ0) is 17.2. The van der Waals surface area contributed by atoms with E-state index in [1.54, 1.807) is 26.1 Å². The molecule has 23 heavy (non-hydrogen) atoms. The maximum atomic E-state index is 12.5. The molecule has 0 heterocycles. The maximum absolute atomic E-state index is 12.5. The number of carbonyl (C=O) groups is 1. The molecule has 0 fully saturated rings. The van der Waals surface area contributed by atoms with Crippen LogP contribution in [0.4, 0.5) is 0 Å². The number of amides is 1. The van der Waals surface area contributed by atoms with E-state index in [4.69, 9.17) is 5.14 Å². The molecule has 5 nitrogen and oxygen atoms in total. The fourth-order valence-electron chi connectivity index (χ4n) is 2.20. The Kier molecular flexibility index (Phi) is 5.23. The Labute approximate surface area is 144 Å². The maximum Gasteiger partial charge on any atom is 0.253 e. The summed E-state index contributed by atoms with van der Waals surface area (Å²) in [6.07, 6.45) is 0. The van der Waals surface area contributed by atoms with E-state index in [0.29, 0.717) is 17.7 Å². The standard InChI is InChI=1S/C16H17BrN2O3S/c1-11-3-6-13(9-15(11)23(18,21)22)16(20)19(2)10-12-4-7-14(17)8-5-12/h3-9H,10H2,1-2H3,(H2,18,21,22). The number of benzene rings is 2. The van der Waals surface area contributed by atoms with Gasteiger partial charge in [0, 0.05) is 23.6 Å². The average molecular weight is 397 g/mol. The highest BCUT2D eigenvalue weighted by Crippen LogP contribution is 2.18. The highest BCUT2D eigenvalue weighted by molar-refractivity contribution is 9.10. The molecule has 7 heteroatoms. The Balaban J connectivity index is 2.24. The molecule has 0 aliphatic rings. The zero-order valence-electron chi connectivity index (χ0n) is 12.8. The van der Waals surface area contributed by atoms with E-state index in [0.717, 1.165) is 10.0 Å². The van der Waals surface area contributed by atoms with Gasteiger partial charge in [0.2, 0.25) is 10.0 Å². The van der Waals surface area contributed by atoms with E-state index in [1.165, 1.54) is 11.0 Å². The normalized spacial score (nSPS) is 11.3. The van der Waals surface area contributed by atoms with Crippen LogP contribution in [-0.2, 0) is 16.6 Å². The number of nitrogens with zero attached hydrogens (tertiary/aromatic N) is 1. The largest absolute Gasteiger partial charge is 0.337 e. The Hall–Kier alpha value is -1.70. The van der Waals surface area contributed by atoms with Gasteiger partial charge in [-0.05, 0) is 42.3 Å². The van der Waals surface area contributed by atoms with E-state index in [1.807, 2.05) is 24.3 Å². The van der Waals surface area contributed by atoms with Crippen LogP contribution in [0, 0.1) is 6.92 Å². The van der Waals surface area contributed by atoms with Crippen LogP contribution in [0.25, 0.3) is 0 Å². The Morgan fingerprint density at radius 1 is 1.17 bits per heavy atom. The first-order chi connectivity index (χ1) is 10.7. The molecule has 1 amide bonds. The van der Waals surface area contributed by atoms with Gasteiger partial charge in [0.15, 0.2) is 0 Å². The van der Waals surface area contributed by atoms with Crippen LogP contribution in [0.15, 0.2) is 51.8 Å². The van der Waals surface area contributed by atoms with E-state index in [9.17, 15) is 13.2 Å². The molecular weight excluding hydrogens is 380 g/mol. The molecule has 0 bridgehead atoms. The molecule has 0 aliphatic heterocycles. The molecule has 0 unspecified atom stereocenters. The average Bonchev–Trinajstić information content (AvgIpc) is 2.48. The summed E-state index contributed by atoms with van der Waals surface area (Å²) in [6, 6.07) is 12.1. The highest BCUT2D eigenvalue weighted by Gasteiger charge is 2.17. The number of primary sulfonamides is 1. The Morgan fingerprint density at radius 3 is 2.35 bits per heavy atom. The molecule has 0 aliphatic carbocycles. The zero-order valence-corrected chi connectivity index (χ0v) is 15.2. The van der Waals surface area contributed by atoms with Crippen LogP contribution < -0.4 is 5.14 Å². The number of sulfonamides is 1. The van der Waals surface area contributed by atoms with Gasteiger partial charge in [0.05, 0.1) is 4.90 Å². The van der Waals surface area contributed by atoms with Gasteiger partial charge in [0.1, 0.15) is 0 Å². The Bertz CT molecular complexity index is 833. The van der Waals surface area contributed by atoms with Crippen molar-refractivity contribution >= 4 is 31.9 Å². The second-order valence-corrected chi connectivity index (χ2v) is 7.76. The molecule has 2 aromatic carbocycles. The molecule has 0 saturated carbocycles. The third-order valence-corrected chi connectivity index (χ3v) is 5.00. The summed E-state index contributed by atoms with van der Waals surface area (Å²) in [5.74, 6) is -0.266. The van der Waals surface area contributed by atoms with Crippen LogP contribution in [0.1, 0.15) is 21.5 Å². The molecule has 0 aromatic heterocycles. The minimum atomic E-state index is -3.85. The predicted molar refractivity (Wildman–Crippen MR) is 92.5 cm³/mol. The SMILES string of the molecule is Cc1ccc(C(=O)N(C)Cc2ccc(Br)cc2)cc1S(N)(=O)=O. The van der Waals surface area contributed by atoms with E-state index >= 15 is 0 Å². The first kappa shape index (κ1) is 17.7. The first-order valence-electron chi connectivity index (χ1n) is 6.82. The first-order valence-corrected chi connectivity index (χ1v) is 9.16. The summed E-state index contributed by atoms with van der Waals surface area (Å²) in [7, 11) is -2.19. The summed E-state index contributed by atoms with van der Waals surface area (Å²) in [5, 5.41) is 5.18. The molecule has 0 radical (unpaired) electrons. The minimum Gasteiger partial charge on any atom is -0.337 e. The van der Waals surface area contributed by atoms with Gasteiger partial charge in [-0.3, -0.25) is 4.79 Å². The minimum absolute atomic E-state index is 0.0274. The summed E-state index contributed by atoms with van der Waals surface area (Å²) in [6.45, 7) is 2.06. The summed E-state index contributed by atoms with van der Waals surface area (Å²) in [5.41, 5.74) is 1.78. The number of nitrogens with two attached hydrogens (primary N) is 1. The van der Waals surface area contributed by atoms with Gasteiger partial charge < -0.3 is 4.90 Å². The van der Waals surface area contributed by atoms with Crippen LogP contribution in [0.2, 0.25) is 0 Å². The van der Waals surface area contributed by atoms with Crippen molar-refractivity contribution in [2.45, 2.75) is 18.4 Å². The molecule has 0 spiro atoms. The van der Waals surface area contributed by atoms with Gasteiger partial charge in [-0.15, -0.1) is 0 Å². The topological polar surface area (TPSA) is 80.5 Å². The lowest BCUT2D eigenvalue weighted by Gasteiger charge is -2.18. The summed E-state index contributed by atoms with van der Waals surface area (Å²) in [4.78, 5) is 14.0. The number of hydrogen-bond acceptors (Lipinski definition) is 3. The summed E-state index contributed by atoms with van der Waals surface area (Å²) < 4.78 is 24.1. The molecular formula is C16H17BrN2O3S. The number of halogens is 1. The lowest BCUT2D eigenvalue weighted by Crippen LogP contribution is -2.26. The van der Waals surface area contributed by atoms with Crippen LogP contribution in [-0.4, -0.2) is 26.3 Å².